The van der Waals surface area contributed by atoms with E-state index in [1.165, 1.54) is 66.8 Å². The zero-order chi connectivity index (χ0) is 38.9. The number of hydrogen-bond donors (Lipinski definition) is 0. The van der Waals surface area contributed by atoms with E-state index >= 15 is 0 Å². The Hall–Kier alpha value is -7.04. The smallest absolute Gasteiger partial charge is 0.392 e. The summed E-state index contributed by atoms with van der Waals surface area (Å²) in [5.41, 5.74) is 20.0. The van der Waals surface area contributed by atoms with Gasteiger partial charge in [0.15, 0.2) is 17.2 Å². The van der Waals surface area contributed by atoms with Crippen LogP contribution in [0.15, 0.2) is 176 Å². The number of fused-ring (bicyclic) bond motifs is 5. The van der Waals surface area contributed by atoms with Crippen LogP contribution in [0.1, 0.15) is 37.5 Å². The second kappa shape index (κ2) is 11.7. The SMILES string of the molecule is Cc1ccc(-c2cc[n+]3c(c2)-c2cc(-c4ccccc4)cc4c2C32Oc3ccccc3-c3n(-c5cc(-c6ccccc6)cc(C(C)(C)C)c5)c5cccc-4c5[n+]32)cc1. The molecule has 4 heteroatoms. The highest BCUT2D eigenvalue weighted by Crippen LogP contribution is 2.54. The molecule has 0 bridgehead atoms. The molecule has 0 saturated carbocycles. The predicted molar refractivity (Wildman–Crippen MR) is 233 cm³/mol. The van der Waals surface area contributed by atoms with Crippen LogP contribution in [0.5, 0.6) is 5.75 Å². The number of rotatable bonds is 4. The number of imidazole rings is 1. The molecule has 0 saturated heterocycles. The van der Waals surface area contributed by atoms with E-state index in [9.17, 15) is 0 Å². The lowest BCUT2D eigenvalue weighted by molar-refractivity contribution is -0.997. The van der Waals surface area contributed by atoms with Crippen molar-refractivity contribution in [3.05, 3.63) is 193 Å². The molecule has 0 radical (unpaired) electrons. The van der Waals surface area contributed by atoms with Gasteiger partial charge in [-0.25, -0.2) is 0 Å². The molecule has 1 unspecified atom stereocenters. The summed E-state index contributed by atoms with van der Waals surface area (Å²) < 4.78 is 15.1. The first kappa shape index (κ1) is 33.1. The highest BCUT2D eigenvalue weighted by molar-refractivity contribution is 5.99. The van der Waals surface area contributed by atoms with Crippen LogP contribution >= 0.6 is 0 Å². The van der Waals surface area contributed by atoms with Crippen molar-refractivity contribution in [1.82, 2.24) is 4.57 Å². The molecular weight excluding hydrogens is 707 g/mol. The average Bonchev–Trinajstić information content (AvgIpc) is 3.75. The van der Waals surface area contributed by atoms with E-state index in [1.54, 1.807) is 0 Å². The van der Waals surface area contributed by atoms with Gasteiger partial charge in [-0.1, -0.05) is 136 Å². The number of hydrogen-bond acceptors (Lipinski definition) is 1. The van der Waals surface area contributed by atoms with Crippen molar-refractivity contribution in [2.75, 3.05) is 0 Å². The first-order valence-corrected chi connectivity index (χ1v) is 20.3. The van der Waals surface area contributed by atoms with Crippen molar-refractivity contribution < 1.29 is 13.9 Å². The largest absolute Gasteiger partial charge is 0.499 e. The maximum atomic E-state index is 7.64. The predicted octanol–water partition coefficient (Wildman–Crippen LogP) is 12.0. The Morgan fingerprint density at radius 3 is 1.93 bits per heavy atom. The van der Waals surface area contributed by atoms with E-state index in [-0.39, 0.29) is 5.41 Å². The number of ether oxygens (including phenoxy) is 1. The third kappa shape index (κ3) is 4.51. The fourth-order valence-electron chi connectivity index (χ4n) is 9.73. The standard InChI is InChI=1S/C54H41N3O/c1-34-22-24-37(25-23-34)38-26-27-55-48(32-38)46-31-40(36-16-9-6-10-17-36)30-45-43-19-13-20-47-51(43)57-52(44-18-11-12-21-49(44)58-54(55,57)50(45)46)56(47)42-29-39(35-14-7-5-8-15-35)28-41(33-42)53(2,3)4/h5-33H,1-4H3/q+2. The molecule has 58 heavy (non-hydrogen) atoms. The normalized spacial score (nSPS) is 15.4. The zero-order valence-electron chi connectivity index (χ0n) is 33.0. The maximum Gasteiger partial charge on any atom is 0.499 e. The topological polar surface area (TPSA) is 21.9 Å². The van der Waals surface area contributed by atoms with Crippen molar-refractivity contribution in [2.24, 2.45) is 0 Å². The van der Waals surface area contributed by atoms with Gasteiger partial charge in [-0.05, 0) is 99.8 Å². The molecule has 0 amide bonds. The lowest BCUT2D eigenvalue weighted by Gasteiger charge is -2.32. The van der Waals surface area contributed by atoms with Gasteiger partial charge in [0.2, 0.25) is 5.69 Å². The molecule has 2 aromatic heterocycles. The van der Waals surface area contributed by atoms with Crippen molar-refractivity contribution in [3.8, 4) is 78.6 Å². The second-order valence-corrected chi connectivity index (χ2v) is 17.1. The number of benzene rings is 7. The van der Waals surface area contributed by atoms with Crippen LogP contribution in [0.2, 0.25) is 0 Å². The van der Waals surface area contributed by atoms with Gasteiger partial charge in [-0.2, -0.15) is 4.57 Å². The second-order valence-electron chi connectivity index (χ2n) is 17.1. The molecule has 9 aromatic rings. The summed E-state index contributed by atoms with van der Waals surface area (Å²) in [7, 11) is 0. The van der Waals surface area contributed by atoms with Gasteiger partial charge in [-0.3, -0.25) is 0 Å². The first-order chi connectivity index (χ1) is 28.3. The highest BCUT2D eigenvalue weighted by atomic mass is 16.5. The molecular formula is C54H41N3O+2. The average molecular weight is 748 g/mol. The third-order valence-electron chi connectivity index (χ3n) is 12.5. The number of para-hydroxylation sites is 2. The molecule has 3 aliphatic rings. The molecule has 1 spiro atoms. The Labute approximate surface area is 338 Å². The van der Waals surface area contributed by atoms with Crippen LogP contribution in [0.3, 0.4) is 0 Å². The van der Waals surface area contributed by atoms with Gasteiger partial charge < -0.3 is 4.74 Å². The lowest BCUT2D eigenvalue weighted by Crippen LogP contribution is -2.78. The molecule has 1 atom stereocenters. The first-order valence-electron chi connectivity index (χ1n) is 20.3. The number of aromatic nitrogens is 3. The summed E-state index contributed by atoms with van der Waals surface area (Å²) in [6.07, 6.45) is 2.26. The molecule has 276 valence electrons. The van der Waals surface area contributed by atoms with Gasteiger partial charge >= 0.3 is 11.7 Å². The fraction of sp³-hybridized carbons (Fsp3) is 0.111. The molecule has 0 aliphatic carbocycles. The molecule has 7 aromatic carbocycles. The Balaban J connectivity index is 1.24. The number of nitrogens with zero attached hydrogens (tertiary/aromatic N) is 3. The maximum absolute atomic E-state index is 7.64. The van der Waals surface area contributed by atoms with Crippen LogP contribution < -0.4 is 13.9 Å². The summed E-state index contributed by atoms with van der Waals surface area (Å²) >= 11 is 0. The quantitative estimate of drug-likeness (QED) is 0.164. The third-order valence-corrected chi connectivity index (χ3v) is 12.5. The van der Waals surface area contributed by atoms with Crippen molar-refractivity contribution in [3.63, 3.8) is 0 Å². The minimum atomic E-state index is -1.02. The van der Waals surface area contributed by atoms with Crippen LogP contribution in [0, 0.1) is 6.92 Å². The van der Waals surface area contributed by atoms with Crippen LogP contribution in [-0.2, 0) is 11.3 Å². The van der Waals surface area contributed by atoms with Gasteiger partial charge in [0.1, 0.15) is 22.6 Å². The van der Waals surface area contributed by atoms with Crippen molar-refractivity contribution in [2.45, 2.75) is 39.0 Å². The fourth-order valence-corrected chi connectivity index (χ4v) is 9.73. The van der Waals surface area contributed by atoms with E-state index in [1.807, 2.05) is 0 Å². The van der Waals surface area contributed by atoms with Crippen LogP contribution in [0.4, 0.5) is 0 Å². The molecule has 0 fully saturated rings. The van der Waals surface area contributed by atoms with Gasteiger partial charge in [0, 0.05) is 23.3 Å². The Morgan fingerprint density at radius 1 is 0.534 bits per heavy atom. The van der Waals surface area contributed by atoms with E-state index in [4.69, 9.17) is 4.74 Å². The van der Waals surface area contributed by atoms with Crippen LogP contribution in [-0.4, -0.2) is 4.57 Å². The van der Waals surface area contributed by atoms with Crippen molar-refractivity contribution >= 4 is 11.0 Å². The molecule has 0 N–H and O–H groups in total. The Kier molecular flexibility index (Phi) is 6.71. The Bertz CT molecular complexity index is 3170. The van der Waals surface area contributed by atoms with E-state index in [2.05, 4.69) is 217 Å². The summed E-state index contributed by atoms with van der Waals surface area (Å²) in [5, 5.41) is 0. The monoisotopic (exact) mass is 747 g/mol. The zero-order valence-corrected chi connectivity index (χ0v) is 33.0. The van der Waals surface area contributed by atoms with E-state index < -0.39 is 5.85 Å². The minimum Gasteiger partial charge on any atom is -0.392 e. The molecule has 12 rings (SSSR count). The highest BCUT2D eigenvalue weighted by Gasteiger charge is 2.68. The van der Waals surface area contributed by atoms with E-state index in [0.29, 0.717) is 0 Å². The number of aryl methyl sites for hydroxylation is 1. The van der Waals surface area contributed by atoms with Gasteiger partial charge in [0.05, 0.1) is 5.56 Å². The molecule has 3 aliphatic heterocycles. The van der Waals surface area contributed by atoms with Crippen molar-refractivity contribution in [1.29, 1.82) is 0 Å². The summed E-state index contributed by atoms with van der Waals surface area (Å²) in [5.74, 6) is 0.935. The van der Waals surface area contributed by atoms with Gasteiger partial charge in [0.25, 0.3) is 0 Å². The Morgan fingerprint density at radius 2 is 1.19 bits per heavy atom. The molecule has 5 heterocycles. The summed E-state index contributed by atoms with van der Waals surface area (Å²) in [6, 6.07) is 62.4. The van der Waals surface area contributed by atoms with Gasteiger partial charge in [-0.15, -0.1) is 9.13 Å². The number of pyridine rings is 1. The molecule has 4 nitrogen and oxygen atoms in total. The summed E-state index contributed by atoms with van der Waals surface area (Å²) in [4.78, 5) is 0. The van der Waals surface area contributed by atoms with Crippen LogP contribution in [0.25, 0.3) is 83.9 Å². The summed E-state index contributed by atoms with van der Waals surface area (Å²) in [6.45, 7) is 9.07. The lowest BCUT2D eigenvalue weighted by atomic mass is 9.85. The minimum absolute atomic E-state index is 0.0779. The van der Waals surface area contributed by atoms with E-state index in [0.717, 1.165) is 39.6 Å².